The van der Waals surface area contributed by atoms with Crippen molar-refractivity contribution in [2.75, 3.05) is 6.54 Å². The Hall–Kier alpha value is -0.100. The van der Waals surface area contributed by atoms with Gasteiger partial charge in [0.25, 0.3) is 0 Å². The summed E-state index contributed by atoms with van der Waals surface area (Å²) in [6, 6.07) is -1.33. The van der Waals surface area contributed by atoms with Crippen LogP contribution < -0.4 is 40.0 Å². The Kier molecular flexibility index (Phi) is 20.3. The molecule has 0 aromatic rings. The molecule has 0 saturated carbocycles. The van der Waals surface area contributed by atoms with Crippen LogP contribution in [0.5, 0.6) is 0 Å². The van der Waals surface area contributed by atoms with Gasteiger partial charge in [0.1, 0.15) is 6.04 Å². The number of carbonyl (C=O) groups is 1. The number of unbranched alkanes of at least 4 members (excludes halogenated alkanes) is 8. The van der Waals surface area contributed by atoms with Crippen molar-refractivity contribution in [2.24, 2.45) is 16.8 Å². The van der Waals surface area contributed by atoms with Crippen molar-refractivity contribution < 1.29 is 44.6 Å². The molecule has 0 fully saturated rings. The van der Waals surface area contributed by atoms with Gasteiger partial charge in [0.2, 0.25) is 0 Å². The van der Waals surface area contributed by atoms with Crippen molar-refractivity contribution in [3.8, 4) is 0 Å². The van der Waals surface area contributed by atoms with Crippen molar-refractivity contribution in [3.05, 3.63) is 0 Å². The summed E-state index contributed by atoms with van der Waals surface area (Å²) in [4.78, 5) is 15.3. The van der Waals surface area contributed by atoms with Crippen LogP contribution in [-0.4, -0.2) is 35.6 Å². The molecule has 0 bridgehead atoms. The maximum atomic E-state index is 12.5. The Labute approximate surface area is 195 Å². The van der Waals surface area contributed by atoms with Gasteiger partial charge in [0.15, 0.2) is 0 Å². The number of nitrogens with zero attached hydrogens (tertiary/aromatic N) is 1. The Balaban J connectivity index is 0. The number of nitrogens with one attached hydrogen (secondary N) is 1. The molecule has 5 nitrogen and oxygen atoms in total. The third-order valence-corrected chi connectivity index (χ3v) is 4.84. The molecule has 0 saturated heterocycles. The Morgan fingerprint density at radius 2 is 1.46 bits per heavy atom. The third-order valence-electron chi connectivity index (χ3n) is 4.84. The summed E-state index contributed by atoms with van der Waals surface area (Å²) in [7, 11) is 0. The van der Waals surface area contributed by atoms with Gasteiger partial charge in [0, 0.05) is 6.04 Å². The van der Waals surface area contributed by atoms with Gasteiger partial charge < -0.3 is 15.5 Å². The smallest absolute Gasteiger partial charge is 0.861 e. The van der Waals surface area contributed by atoms with Gasteiger partial charge in [-0.05, 0) is 37.1 Å². The Morgan fingerprint density at radius 1 is 0.964 bits per heavy atom. The van der Waals surface area contributed by atoms with E-state index in [0.717, 1.165) is 13.0 Å². The molecule has 0 spiro atoms. The Bertz CT molecular complexity index is 415. The van der Waals surface area contributed by atoms with E-state index in [9.17, 15) is 15.0 Å². The monoisotopic (exact) mass is 406 g/mol. The van der Waals surface area contributed by atoms with E-state index in [-0.39, 0.29) is 47.3 Å². The summed E-state index contributed by atoms with van der Waals surface area (Å²) in [5.74, 6) is -1.06. The summed E-state index contributed by atoms with van der Waals surface area (Å²) >= 11 is 0. The van der Waals surface area contributed by atoms with Gasteiger partial charge in [-0.15, -0.1) is 0 Å². The molecule has 160 valence electrons. The van der Waals surface area contributed by atoms with Gasteiger partial charge in [-0.25, -0.2) is 4.79 Å². The molecule has 0 unspecified atom stereocenters. The van der Waals surface area contributed by atoms with Gasteiger partial charge in [-0.2, -0.15) is 0 Å². The fourth-order valence-corrected chi connectivity index (χ4v) is 3.19. The van der Waals surface area contributed by atoms with Crippen LogP contribution in [0.4, 0.5) is 0 Å². The second-order valence-electron chi connectivity index (χ2n) is 8.46. The van der Waals surface area contributed by atoms with Crippen molar-refractivity contribution in [3.63, 3.8) is 0 Å². The van der Waals surface area contributed by atoms with E-state index in [2.05, 4.69) is 17.2 Å². The standard InChI is InChI=1S/C22H44N2O3.Na/c1-6-7-8-9-10-11-12-13-14-15-23-20(18(4)5)21(25)24-19(22(26)27)16-17(2)3;/h17-20,23H,6-16H2,1-5H3,(H,24,25)(H,26,27);/q;+1/p-1/t19-,20-;/m0./s1. The first-order valence-electron chi connectivity index (χ1n) is 11.0. The number of aliphatic imine (C=N–C) groups is 1. The van der Waals surface area contributed by atoms with Gasteiger partial charge >= 0.3 is 35.5 Å². The average molecular weight is 407 g/mol. The quantitative estimate of drug-likeness (QED) is 0.165. The molecule has 0 aliphatic heterocycles. The van der Waals surface area contributed by atoms with E-state index < -0.39 is 18.1 Å². The normalized spacial score (nSPS) is 14.2. The summed E-state index contributed by atoms with van der Waals surface area (Å²) < 4.78 is 0. The molecule has 28 heavy (non-hydrogen) atoms. The summed E-state index contributed by atoms with van der Waals surface area (Å²) in [5, 5.41) is 25.1. The van der Waals surface area contributed by atoms with Gasteiger partial charge in [-0.3, -0.25) is 4.99 Å². The van der Waals surface area contributed by atoms with Crippen LogP contribution in [0.1, 0.15) is 98.8 Å². The molecule has 6 heteroatoms. The third kappa shape index (κ3) is 15.8. The molecule has 2 atom stereocenters. The average Bonchev–Trinajstić information content (AvgIpc) is 2.58. The molecule has 0 rings (SSSR count). The van der Waals surface area contributed by atoms with Crippen LogP contribution in [-0.2, 0) is 4.79 Å². The fraction of sp³-hybridized carbons (Fsp3) is 0.909. The zero-order valence-corrected chi connectivity index (χ0v) is 21.3. The van der Waals surface area contributed by atoms with Crippen molar-refractivity contribution in [2.45, 2.75) is 111 Å². The number of hydrogen-bond donors (Lipinski definition) is 2. The minimum Gasteiger partial charge on any atom is -0.861 e. The zero-order chi connectivity index (χ0) is 20.7. The Morgan fingerprint density at radius 3 is 1.89 bits per heavy atom. The second kappa shape index (κ2) is 18.9. The van der Waals surface area contributed by atoms with Crippen molar-refractivity contribution in [1.29, 1.82) is 0 Å². The van der Waals surface area contributed by atoms with E-state index >= 15 is 0 Å². The van der Waals surface area contributed by atoms with Crippen LogP contribution >= 0.6 is 0 Å². The predicted molar refractivity (Wildman–Crippen MR) is 112 cm³/mol. The molecule has 2 N–H and O–H groups in total. The topological polar surface area (TPSA) is 84.8 Å². The van der Waals surface area contributed by atoms with E-state index in [4.69, 9.17) is 0 Å². The van der Waals surface area contributed by atoms with E-state index in [1.165, 1.54) is 51.4 Å². The maximum Gasteiger partial charge on any atom is 1.00 e. The van der Waals surface area contributed by atoms with E-state index in [1.54, 1.807) is 0 Å². The van der Waals surface area contributed by atoms with Crippen LogP contribution in [0.15, 0.2) is 4.99 Å². The second-order valence-corrected chi connectivity index (χ2v) is 8.46. The minimum absolute atomic E-state index is 0. The van der Waals surface area contributed by atoms with Crippen LogP contribution in [0.3, 0.4) is 0 Å². The van der Waals surface area contributed by atoms with Crippen LogP contribution in [0, 0.1) is 11.8 Å². The number of carboxylic acids is 1. The summed E-state index contributed by atoms with van der Waals surface area (Å²) in [6.07, 6.45) is 11.8. The van der Waals surface area contributed by atoms with E-state index in [0.29, 0.717) is 6.42 Å². The van der Waals surface area contributed by atoms with Crippen LogP contribution in [0.2, 0.25) is 0 Å². The molecule has 0 aromatic heterocycles. The van der Waals surface area contributed by atoms with Crippen LogP contribution in [0.25, 0.3) is 0 Å². The molecule has 0 aliphatic rings. The largest absolute Gasteiger partial charge is 1.00 e. The van der Waals surface area contributed by atoms with Crippen molar-refractivity contribution in [1.82, 2.24) is 5.32 Å². The molecule has 0 radical (unpaired) electrons. The number of hydrogen-bond acceptors (Lipinski definition) is 4. The molecule has 0 heterocycles. The fourth-order valence-electron chi connectivity index (χ4n) is 3.19. The minimum atomic E-state index is -1.02. The van der Waals surface area contributed by atoms with Crippen molar-refractivity contribution >= 4 is 11.9 Å². The van der Waals surface area contributed by atoms with Gasteiger partial charge in [0.05, 0.1) is 0 Å². The molecule has 0 aliphatic carbocycles. The maximum absolute atomic E-state index is 12.5. The SMILES string of the molecule is CCCCCCCCCCCN[C@H](C([O-])=N[C@@H](CC(C)C)C(=O)O)C(C)C.[Na+]. The number of aliphatic carboxylic acids is 1. The molecular formula is C22H43N2NaO3. The van der Waals surface area contributed by atoms with E-state index in [1.807, 2.05) is 27.7 Å². The first-order valence-corrected chi connectivity index (χ1v) is 11.0. The molecular weight excluding hydrogens is 363 g/mol. The predicted octanol–water partition coefficient (Wildman–Crippen LogP) is 1.39. The summed E-state index contributed by atoms with van der Waals surface area (Å²) in [6.45, 7) is 10.8. The molecule has 0 aromatic carbocycles. The van der Waals surface area contributed by atoms with Gasteiger partial charge in [-0.1, -0.05) is 86.0 Å². The first kappa shape index (κ1) is 30.1. The first-order chi connectivity index (χ1) is 12.8. The number of carboxylic acid groups (broad SMARTS) is 1. The zero-order valence-electron chi connectivity index (χ0n) is 19.3. The number of rotatable bonds is 17. The molecule has 0 amide bonds. The summed E-state index contributed by atoms with van der Waals surface area (Å²) in [5.41, 5.74) is 0.